The molecule has 23 heavy (non-hydrogen) atoms. The maximum absolute atomic E-state index is 11.8. The van der Waals surface area contributed by atoms with E-state index in [1.807, 2.05) is 13.8 Å². The Balaban J connectivity index is 2.90. The molecule has 0 spiro atoms. The van der Waals surface area contributed by atoms with E-state index < -0.39 is 10.1 Å². The molecule has 0 amide bonds. The number of nitrogen functional groups attached to an aromatic ring is 1. The van der Waals surface area contributed by atoms with Crippen molar-refractivity contribution in [2.24, 2.45) is 4.99 Å². The summed E-state index contributed by atoms with van der Waals surface area (Å²) in [6.45, 7) is 7.23. The summed E-state index contributed by atoms with van der Waals surface area (Å²) in [4.78, 5) is 8.32. The second-order valence-electron chi connectivity index (χ2n) is 5.42. The maximum atomic E-state index is 11.8. The van der Waals surface area contributed by atoms with Gasteiger partial charge in [0.25, 0.3) is 10.1 Å². The third-order valence-electron chi connectivity index (χ3n) is 3.44. The van der Waals surface area contributed by atoms with Crippen LogP contribution in [0.15, 0.2) is 28.1 Å². The first-order chi connectivity index (χ1) is 10.6. The van der Waals surface area contributed by atoms with E-state index in [0.717, 1.165) is 11.3 Å². The van der Waals surface area contributed by atoms with Gasteiger partial charge in [-0.2, -0.15) is 8.42 Å². The van der Waals surface area contributed by atoms with E-state index in [4.69, 9.17) is 5.84 Å². The minimum absolute atomic E-state index is 0.126. The number of aryl methyl sites for hydroxylation is 4. The summed E-state index contributed by atoms with van der Waals surface area (Å²) in [5, 5.41) is 0. The number of nitrogens with zero attached hydrogens (tertiary/aromatic N) is 3. The fourth-order valence-corrected chi connectivity index (χ4v) is 3.33. The Morgan fingerprint density at radius 3 is 2.48 bits per heavy atom. The average Bonchev–Trinajstić information content (AvgIpc) is 2.42. The Labute approximate surface area is 135 Å². The van der Waals surface area contributed by atoms with Crippen molar-refractivity contribution < 1.29 is 13.0 Å². The molecule has 0 unspecified atom stereocenters. The van der Waals surface area contributed by atoms with E-state index in [2.05, 4.69) is 9.98 Å². The Morgan fingerprint density at radius 1 is 1.26 bits per heavy atom. The first kappa shape index (κ1) is 17.2. The van der Waals surface area contributed by atoms with Gasteiger partial charge in [0, 0.05) is 11.4 Å². The van der Waals surface area contributed by atoms with Gasteiger partial charge in [0.15, 0.2) is 0 Å². The summed E-state index contributed by atoms with van der Waals surface area (Å²) in [5.41, 5.74) is 3.06. The predicted molar refractivity (Wildman–Crippen MR) is 87.4 cm³/mol. The molecule has 0 aliphatic carbocycles. The van der Waals surface area contributed by atoms with Gasteiger partial charge in [-0.15, -0.1) is 0 Å². The SMILES string of the molecule is CCc1cc(C)cc(N=c2nc(C)cc(C)n2N)c1S(=O)(=O)O. The topological polar surface area (TPSA) is 111 Å². The lowest BCUT2D eigenvalue weighted by molar-refractivity contribution is 0.482. The molecule has 124 valence electrons. The van der Waals surface area contributed by atoms with Crippen molar-refractivity contribution in [1.29, 1.82) is 0 Å². The van der Waals surface area contributed by atoms with Crippen molar-refractivity contribution in [1.82, 2.24) is 9.66 Å². The zero-order valence-electron chi connectivity index (χ0n) is 13.5. The first-order valence-corrected chi connectivity index (χ1v) is 8.55. The van der Waals surface area contributed by atoms with Crippen LogP contribution in [0.5, 0.6) is 0 Å². The van der Waals surface area contributed by atoms with Crippen molar-refractivity contribution >= 4 is 15.8 Å². The number of nitrogens with two attached hydrogens (primary N) is 1. The van der Waals surface area contributed by atoms with E-state index in [-0.39, 0.29) is 16.2 Å². The molecule has 0 aliphatic rings. The third-order valence-corrected chi connectivity index (χ3v) is 4.43. The van der Waals surface area contributed by atoms with E-state index in [1.54, 1.807) is 32.0 Å². The number of benzene rings is 1. The van der Waals surface area contributed by atoms with Gasteiger partial charge in [-0.05, 0) is 50.5 Å². The number of rotatable bonds is 3. The summed E-state index contributed by atoms with van der Waals surface area (Å²) >= 11 is 0. The maximum Gasteiger partial charge on any atom is 0.296 e. The molecule has 1 aromatic heterocycles. The summed E-state index contributed by atoms with van der Waals surface area (Å²) in [6.07, 6.45) is 0.447. The van der Waals surface area contributed by atoms with E-state index >= 15 is 0 Å². The Bertz CT molecular complexity index is 930. The normalized spacial score (nSPS) is 12.7. The molecular weight excluding hydrogens is 316 g/mol. The largest absolute Gasteiger partial charge is 0.336 e. The smallest absolute Gasteiger partial charge is 0.296 e. The second kappa shape index (κ2) is 6.13. The molecule has 1 heterocycles. The molecule has 0 fully saturated rings. The summed E-state index contributed by atoms with van der Waals surface area (Å²) in [7, 11) is -4.42. The van der Waals surface area contributed by atoms with Gasteiger partial charge >= 0.3 is 0 Å². The van der Waals surface area contributed by atoms with Gasteiger partial charge in [-0.25, -0.2) is 14.7 Å². The van der Waals surface area contributed by atoms with Crippen molar-refractivity contribution in [3.8, 4) is 0 Å². The van der Waals surface area contributed by atoms with Crippen LogP contribution in [-0.4, -0.2) is 22.6 Å². The summed E-state index contributed by atoms with van der Waals surface area (Å²) in [6, 6.07) is 5.09. The minimum atomic E-state index is -4.42. The summed E-state index contributed by atoms with van der Waals surface area (Å²) < 4.78 is 34.4. The van der Waals surface area contributed by atoms with E-state index in [1.165, 1.54) is 4.68 Å². The molecule has 0 bridgehead atoms. The summed E-state index contributed by atoms with van der Waals surface area (Å²) in [5.74, 6) is 5.92. The standard InChI is InChI=1S/C15H20N4O3S/c1-5-12-6-9(2)7-13(14(12)23(20,21)22)18-15-17-10(3)8-11(4)19(15)16/h6-8H,5,16H2,1-4H3,(H,20,21,22). The third kappa shape index (κ3) is 3.59. The Hall–Kier alpha value is -2.19. The number of aromatic nitrogens is 2. The molecule has 0 saturated carbocycles. The predicted octanol–water partition coefficient (Wildman–Crippen LogP) is 1.56. The van der Waals surface area contributed by atoms with Crippen LogP contribution in [0.4, 0.5) is 5.69 Å². The Kier molecular flexibility index (Phi) is 4.58. The molecule has 0 atom stereocenters. The number of hydrogen-bond donors (Lipinski definition) is 2. The molecule has 2 rings (SSSR count). The van der Waals surface area contributed by atoms with E-state index in [9.17, 15) is 13.0 Å². The van der Waals surface area contributed by atoms with Gasteiger partial charge in [-0.3, -0.25) is 4.55 Å². The Morgan fingerprint density at radius 2 is 1.91 bits per heavy atom. The van der Waals surface area contributed by atoms with Crippen LogP contribution in [0, 0.1) is 20.8 Å². The molecule has 2 aromatic rings. The number of hydrogen-bond acceptors (Lipinski definition) is 5. The molecule has 8 heteroatoms. The van der Waals surface area contributed by atoms with E-state index in [0.29, 0.717) is 17.7 Å². The highest BCUT2D eigenvalue weighted by molar-refractivity contribution is 7.86. The molecule has 1 aromatic carbocycles. The highest BCUT2D eigenvalue weighted by atomic mass is 32.2. The fraction of sp³-hybridized carbons (Fsp3) is 0.333. The fourth-order valence-electron chi connectivity index (χ4n) is 2.43. The molecule has 0 saturated heterocycles. The van der Waals surface area contributed by atoms with Crippen molar-refractivity contribution in [2.75, 3.05) is 5.84 Å². The zero-order chi connectivity index (χ0) is 17.4. The molecule has 0 radical (unpaired) electrons. The average molecular weight is 336 g/mol. The van der Waals surface area contributed by atoms with Crippen molar-refractivity contribution in [3.05, 3.63) is 46.3 Å². The van der Waals surface area contributed by atoms with Crippen LogP contribution < -0.4 is 11.5 Å². The van der Waals surface area contributed by atoms with Crippen molar-refractivity contribution in [3.63, 3.8) is 0 Å². The zero-order valence-corrected chi connectivity index (χ0v) is 14.3. The molecular formula is C15H20N4O3S. The highest BCUT2D eigenvalue weighted by Gasteiger charge is 2.20. The lowest BCUT2D eigenvalue weighted by Gasteiger charge is -2.11. The van der Waals surface area contributed by atoms with Gasteiger partial charge in [-0.1, -0.05) is 13.0 Å². The molecule has 0 aliphatic heterocycles. The highest BCUT2D eigenvalue weighted by Crippen LogP contribution is 2.29. The van der Waals surface area contributed by atoms with Gasteiger partial charge in [0.2, 0.25) is 5.62 Å². The van der Waals surface area contributed by atoms with Crippen LogP contribution in [0.2, 0.25) is 0 Å². The van der Waals surface area contributed by atoms with Crippen LogP contribution >= 0.6 is 0 Å². The lowest BCUT2D eigenvalue weighted by Crippen LogP contribution is -2.32. The van der Waals surface area contributed by atoms with Crippen LogP contribution in [0.25, 0.3) is 0 Å². The van der Waals surface area contributed by atoms with Gasteiger partial charge < -0.3 is 5.84 Å². The quantitative estimate of drug-likeness (QED) is 0.653. The first-order valence-electron chi connectivity index (χ1n) is 7.11. The lowest BCUT2D eigenvalue weighted by atomic mass is 10.1. The molecule has 3 N–H and O–H groups in total. The van der Waals surface area contributed by atoms with Crippen LogP contribution in [-0.2, 0) is 16.5 Å². The minimum Gasteiger partial charge on any atom is -0.336 e. The van der Waals surface area contributed by atoms with Gasteiger partial charge in [0.05, 0.1) is 5.69 Å². The van der Waals surface area contributed by atoms with Gasteiger partial charge in [0.1, 0.15) is 4.90 Å². The van der Waals surface area contributed by atoms with Crippen LogP contribution in [0.1, 0.15) is 29.4 Å². The second-order valence-corrected chi connectivity index (χ2v) is 6.78. The molecule has 7 nitrogen and oxygen atoms in total. The van der Waals surface area contributed by atoms with Crippen molar-refractivity contribution in [2.45, 2.75) is 39.0 Å². The monoisotopic (exact) mass is 336 g/mol. The van der Waals surface area contributed by atoms with Crippen LogP contribution in [0.3, 0.4) is 0 Å².